The van der Waals surface area contributed by atoms with E-state index < -0.39 is 19.6 Å². The van der Waals surface area contributed by atoms with E-state index in [-0.39, 0.29) is 6.54 Å². The van der Waals surface area contributed by atoms with Gasteiger partial charge in [0.25, 0.3) is 0 Å². The second kappa shape index (κ2) is 10.8. The molecular weight excluding hydrogens is 307 g/mol. The number of hydrogen-bond acceptors (Lipinski definition) is 3. The third kappa shape index (κ3) is 7.38. The van der Waals surface area contributed by atoms with Crippen LogP contribution in [0.4, 0.5) is 0 Å². The van der Waals surface area contributed by atoms with Crippen LogP contribution >= 0.6 is 7.75 Å². The molecule has 2 amide bonds. The lowest BCUT2D eigenvalue weighted by Gasteiger charge is -2.27. The van der Waals surface area contributed by atoms with Crippen molar-refractivity contribution in [3.8, 4) is 0 Å². The Hall–Kier alpha value is -0.910. The summed E-state index contributed by atoms with van der Waals surface area (Å²) < 4.78 is 11.9. The maximum absolute atomic E-state index is 12.3. The smallest absolute Gasteiger partial charge is 0.334 e. The molecule has 8 heteroatoms. The van der Waals surface area contributed by atoms with Crippen molar-refractivity contribution in [1.82, 2.24) is 9.57 Å². The molecule has 7 nitrogen and oxygen atoms in total. The molecule has 0 aliphatic carbocycles. The molecule has 0 aromatic heterocycles. The van der Waals surface area contributed by atoms with Crippen LogP contribution in [-0.2, 0) is 14.2 Å². The number of carbonyl (C=O) groups is 2. The molecular formula is C14H29N2O5P. The Bertz CT molecular complexity index is 389. The molecule has 0 fully saturated rings. The lowest BCUT2D eigenvalue weighted by Crippen LogP contribution is -2.45. The average Bonchev–Trinajstić information content (AvgIpc) is 2.45. The lowest BCUT2D eigenvalue weighted by atomic mass is 10.2. The normalized spacial score (nSPS) is 11.3. The highest BCUT2D eigenvalue weighted by atomic mass is 31.2. The van der Waals surface area contributed by atoms with Crippen LogP contribution in [-0.4, -0.2) is 50.8 Å². The first-order valence-electron chi connectivity index (χ1n) is 7.96. The monoisotopic (exact) mass is 336 g/mol. The fourth-order valence-corrected chi connectivity index (χ4v) is 2.64. The molecule has 0 unspecified atom stereocenters. The van der Waals surface area contributed by atoms with Gasteiger partial charge in [-0.25, -0.2) is 9.24 Å². The fraction of sp³-hybridized carbons (Fsp3) is 0.857. The minimum absolute atomic E-state index is 0.110. The van der Waals surface area contributed by atoms with E-state index >= 15 is 0 Å². The van der Waals surface area contributed by atoms with Gasteiger partial charge in [-0.1, -0.05) is 40.0 Å². The third-order valence-corrected chi connectivity index (χ3v) is 4.32. The Morgan fingerprint density at radius 2 is 1.23 bits per heavy atom. The molecule has 0 aliphatic rings. The zero-order chi connectivity index (χ0) is 17.2. The van der Waals surface area contributed by atoms with Gasteiger partial charge in [0.1, 0.15) is 0 Å². The Labute approximate surface area is 132 Å². The van der Waals surface area contributed by atoms with E-state index in [9.17, 15) is 23.9 Å². The number of carbonyl (C=O) groups excluding carboxylic acids is 2. The number of hydrogen-bond donors (Lipinski definition) is 2. The molecule has 2 N–H and O–H groups in total. The molecule has 0 heterocycles. The van der Waals surface area contributed by atoms with Gasteiger partial charge in [-0.3, -0.25) is 9.59 Å². The summed E-state index contributed by atoms with van der Waals surface area (Å²) in [4.78, 5) is 44.5. The fourth-order valence-electron chi connectivity index (χ4n) is 1.92. The third-order valence-electron chi connectivity index (χ3n) is 3.31. The number of nitrogens with zero attached hydrogens (tertiary/aromatic N) is 2. The van der Waals surface area contributed by atoms with Crippen LogP contribution in [0.25, 0.3) is 0 Å². The van der Waals surface area contributed by atoms with E-state index in [0.717, 1.165) is 25.7 Å². The Morgan fingerprint density at radius 3 is 1.59 bits per heavy atom. The summed E-state index contributed by atoms with van der Waals surface area (Å²) in [6.45, 7) is 6.56. The molecule has 0 saturated carbocycles. The highest BCUT2D eigenvalue weighted by Gasteiger charge is 2.36. The summed E-state index contributed by atoms with van der Waals surface area (Å²) in [5, 5.41) is 0. The summed E-state index contributed by atoms with van der Waals surface area (Å²) in [5.74, 6) is -1.92. The van der Waals surface area contributed by atoms with Gasteiger partial charge in [-0.2, -0.15) is 0 Å². The Kier molecular flexibility index (Phi) is 10.3. The molecule has 22 heavy (non-hydrogen) atoms. The van der Waals surface area contributed by atoms with Crippen molar-refractivity contribution in [1.29, 1.82) is 0 Å². The van der Waals surface area contributed by atoms with E-state index in [2.05, 4.69) is 0 Å². The predicted molar refractivity (Wildman–Crippen MR) is 85.1 cm³/mol. The van der Waals surface area contributed by atoms with Crippen LogP contribution in [0.15, 0.2) is 0 Å². The van der Waals surface area contributed by atoms with Gasteiger partial charge in [-0.05, 0) is 19.3 Å². The molecule has 0 rings (SSSR count). The quantitative estimate of drug-likeness (QED) is 0.470. The van der Waals surface area contributed by atoms with Crippen LogP contribution in [0, 0.1) is 0 Å². The lowest BCUT2D eigenvalue weighted by molar-refractivity contribution is -0.149. The number of unbranched alkanes of at least 4 members (excludes halogenated alkanes) is 3. The average molecular weight is 336 g/mol. The molecule has 0 saturated heterocycles. The van der Waals surface area contributed by atoms with Crippen LogP contribution in [0.5, 0.6) is 0 Å². The number of amides is 2. The maximum Gasteiger partial charge on any atom is 0.432 e. The zero-order valence-electron chi connectivity index (χ0n) is 13.8. The molecule has 0 aliphatic heterocycles. The molecule has 0 aromatic carbocycles. The second-order valence-electron chi connectivity index (χ2n) is 5.29. The molecule has 0 bridgehead atoms. The molecule has 0 aromatic rings. The largest absolute Gasteiger partial charge is 0.432 e. The minimum Gasteiger partial charge on any atom is -0.334 e. The second-order valence-corrected chi connectivity index (χ2v) is 6.80. The summed E-state index contributed by atoms with van der Waals surface area (Å²) in [5.41, 5.74) is 0. The van der Waals surface area contributed by atoms with Crippen molar-refractivity contribution in [2.24, 2.45) is 0 Å². The first-order valence-corrected chi connectivity index (χ1v) is 9.52. The van der Waals surface area contributed by atoms with Crippen molar-refractivity contribution >= 4 is 19.6 Å². The van der Waals surface area contributed by atoms with Gasteiger partial charge in [0, 0.05) is 19.6 Å². The molecule has 0 radical (unpaired) electrons. The highest BCUT2D eigenvalue weighted by Crippen LogP contribution is 2.40. The van der Waals surface area contributed by atoms with Crippen LogP contribution in [0.1, 0.15) is 59.3 Å². The van der Waals surface area contributed by atoms with Gasteiger partial charge in [0.05, 0.1) is 0 Å². The van der Waals surface area contributed by atoms with Crippen LogP contribution in [0.2, 0.25) is 0 Å². The molecule has 0 spiro atoms. The maximum atomic E-state index is 12.3. The summed E-state index contributed by atoms with van der Waals surface area (Å²) >= 11 is 0. The summed E-state index contributed by atoms with van der Waals surface area (Å²) in [7, 11) is -4.77. The molecule has 0 atom stereocenters. The first kappa shape index (κ1) is 21.1. The van der Waals surface area contributed by atoms with E-state index in [4.69, 9.17) is 0 Å². The standard InChI is InChI=1S/C14H29N2O5P/c1-4-7-10-15(11-8-5-2)13(17)14(18)16(12-9-6-3)22(19,20)21/h4-12H2,1-3H3,(H2,19,20,21). The van der Waals surface area contributed by atoms with E-state index in [1.54, 1.807) is 0 Å². The van der Waals surface area contributed by atoms with Crippen molar-refractivity contribution in [2.75, 3.05) is 19.6 Å². The summed E-state index contributed by atoms with van der Waals surface area (Å²) in [6.07, 6.45) is 4.38. The van der Waals surface area contributed by atoms with Crippen molar-refractivity contribution in [3.63, 3.8) is 0 Å². The van der Waals surface area contributed by atoms with Crippen molar-refractivity contribution in [3.05, 3.63) is 0 Å². The van der Waals surface area contributed by atoms with Crippen LogP contribution < -0.4 is 0 Å². The topological polar surface area (TPSA) is 98.2 Å². The van der Waals surface area contributed by atoms with Gasteiger partial charge < -0.3 is 14.7 Å². The Morgan fingerprint density at radius 1 is 0.818 bits per heavy atom. The summed E-state index contributed by atoms with van der Waals surface area (Å²) in [6, 6.07) is 0. The first-order chi connectivity index (χ1) is 10.3. The van der Waals surface area contributed by atoms with Gasteiger partial charge in [-0.15, -0.1) is 0 Å². The zero-order valence-corrected chi connectivity index (χ0v) is 14.7. The van der Waals surface area contributed by atoms with E-state index in [1.165, 1.54) is 4.90 Å². The molecule has 130 valence electrons. The van der Waals surface area contributed by atoms with Crippen molar-refractivity contribution < 1.29 is 23.9 Å². The Balaban J connectivity index is 5.04. The van der Waals surface area contributed by atoms with Gasteiger partial charge >= 0.3 is 19.6 Å². The highest BCUT2D eigenvalue weighted by molar-refractivity contribution is 7.50. The number of rotatable bonds is 10. The van der Waals surface area contributed by atoms with E-state index in [0.29, 0.717) is 30.6 Å². The van der Waals surface area contributed by atoms with E-state index in [1.807, 2.05) is 20.8 Å². The minimum atomic E-state index is -4.77. The van der Waals surface area contributed by atoms with Crippen molar-refractivity contribution in [2.45, 2.75) is 59.3 Å². The SMILES string of the molecule is CCCCN(CCCC)C(=O)C(=O)N(CCCC)P(=O)(O)O. The van der Waals surface area contributed by atoms with Gasteiger partial charge in [0.2, 0.25) is 0 Å². The van der Waals surface area contributed by atoms with Gasteiger partial charge in [0.15, 0.2) is 0 Å². The predicted octanol–water partition coefficient (Wildman–Crippen LogP) is 2.14. The van der Waals surface area contributed by atoms with Crippen LogP contribution in [0.3, 0.4) is 0 Å².